The molecule has 1 saturated heterocycles. The third kappa shape index (κ3) is 4.79. The normalized spacial score (nSPS) is 19.1. The summed E-state index contributed by atoms with van der Waals surface area (Å²) in [5.41, 5.74) is 1.14. The fourth-order valence-corrected chi connectivity index (χ4v) is 4.47. The Bertz CT molecular complexity index is 1360. The van der Waals surface area contributed by atoms with Gasteiger partial charge in [-0.2, -0.15) is 13.2 Å². The fraction of sp³-hybridized carbons (Fsp3) is 0.417. The molecule has 0 amide bonds. The van der Waals surface area contributed by atoms with Gasteiger partial charge >= 0.3 is 6.18 Å². The zero-order chi connectivity index (χ0) is 25.5. The molecule has 1 aliphatic heterocycles. The molecule has 0 aliphatic carbocycles. The molecule has 8 nitrogen and oxygen atoms in total. The molecule has 11 heteroatoms. The van der Waals surface area contributed by atoms with Crippen molar-refractivity contribution in [1.29, 1.82) is 0 Å². The second kappa shape index (κ2) is 9.19. The highest BCUT2D eigenvalue weighted by molar-refractivity contribution is 5.89. The molecule has 0 spiro atoms. The number of piperazine rings is 1. The van der Waals surface area contributed by atoms with Crippen LogP contribution in [0, 0.1) is 6.57 Å². The Hall–Kier alpha value is -3.65. The lowest BCUT2D eigenvalue weighted by Crippen LogP contribution is -2.56. The van der Waals surface area contributed by atoms with Crippen molar-refractivity contribution in [2.24, 2.45) is 7.05 Å². The van der Waals surface area contributed by atoms with E-state index in [4.69, 9.17) is 11.3 Å². The largest absolute Gasteiger partial charge is 0.481 e. The van der Waals surface area contributed by atoms with Crippen LogP contribution in [0.1, 0.15) is 25.1 Å². The van der Waals surface area contributed by atoms with Crippen LogP contribution in [0.5, 0.6) is 5.88 Å². The summed E-state index contributed by atoms with van der Waals surface area (Å²) in [6, 6.07) is 7.31. The smallest absolute Gasteiger partial charge is 0.433 e. The Morgan fingerprint density at radius 1 is 1.14 bits per heavy atom. The molecule has 3 aromatic heterocycles. The van der Waals surface area contributed by atoms with E-state index in [1.807, 2.05) is 13.8 Å². The van der Waals surface area contributed by atoms with Crippen LogP contribution >= 0.6 is 0 Å². The first-order valence-electron chi connectivity index (χ1n) is 11.0. The molecule has 0 bridgehead atoms. The zero-order valence-corrected chi connectivity index (χ0v) is 19.8. The van der Waals surface area contributed by atoms with Crippen LogP contribution in [-0.4, -0.2) is 51.7 Å². The third-order valence-corrected chi connectivity index (χ3v) is 6.34. The summed E-state index contributed by atoms with van der Waals surface area (Å²) in [6.45, 7) is 12.7. The van der Waals surface area contributed by atoms with Gasteiger partial charge in [-0.25, -0.2) is 4.98 Å². The molecule has 4 rings (SSSR count). The molecular weight excluding hydrogens is 461 g/mol. The van der Waals surface area contributed by atoms with Crippen molar-refractivity contribution in [3.05, 3.63) is 63.4 Å². The first kappa shape index (κ1) is 24.5. The Kier molecular flexibility index (Phi) is 6.42. The number of pyridine rings is 3. The number of aromatic nitrogens is 3. The van der Waals surface area contributed by atoms with Crippen molar-refractivity contribution < 1.29 is 17.9 Å². The molecule has 4 heterocycles. The molecule has 3 aromatic rings. The monoisotopic (exact) mass is 486 g/mol. The first-order valence-corrected chi connectivity index (χ1v) is 11.0. The van der Waals surface area contributed by atoms with E-state index in [1.165, 1.54) is 23.8 Å². The van der Waals surface area contributed by atoms with Gasteiger partial charge in [0.05, 0.1) is 18.3 Å². The molecule has 1 aliphatic rings. The van der Waals surface area contributed by atoms with Gasteiger partial charge in [-0.15, -0.1) is 4.98 Å². The van der Waals surface area contributed by atoms with Gasteiger partial charge in [0.1, 0.15) is 5.69 Å². The highest BCUT2D eigenvalue weighted by atomic mass is 19.4. The van der Waals surface area contributed by atoms with Gasteiger partial charge < -0.3 is 19.0 Å². The van der Waals surface area contributed by atoms with Crippen LogP contribution in [0.15, 0.2) is 35.1 Å². The van der Waals surface area contributed by atoms with E-state index in [9.17, 15) is 18.0 Å². The lowest BCUT2D eigenvalue weighted by Gasteiger charge is -2.45. The van der Waals surface area contributed by atoms with Gasteiger partial charge in [-0.3, -0.25) is 9.69 Å². The number of alkyl halides is 3. The SMILES string of the molecule is [C-]#[N+]c1ccc2c(n1)c(N1C[C@@H](C)N(Cc3cc(OC)nc(C(F)(F)F)c3)C[C@@H]1C)cc(=O)n2C. The van der Waals surface area contributed by atoms with Gasteiger partial charge in [-0.05, 0) is 37.6 Å². The molecule has 0 N–H and O–H groups in total. The standard InChI is InChI=1S/C24H25F3N6O2/c1-14-12-33(18-10-22(34)31(4)17-6-7-20(28-3)30-23(17)18)15(2)11-32(14)13-16-8-19(24(25,26)27)29-21(9-16)35-5/h6-10,14-15H,11-13H2,1-2,4-5H3/t14-,15+/m1/s1. The molecule has 184 valence electrons. The molecule has 0 aromatic carbocycles. The maximum Gasteiger partial charge on any atom is 0.433 e. The van der Waals surface area contributed by atoms with Crippen molar-refractivity contribution >= 4 is 22.5 Å². The zero-order valence-electron chi connectivity index (χ0n) is 19.8. The van der Waals surface area contributed by atoms with Crippen LogP contribution in [0.3, 0.4) is 0 Å². The summed E-state index contributed by atoms with van der Waals surface area (Å²) in [5, 5.41) is 0. The molecule has 35 heavy (non-hydrogen) atoms. The summed E-state index contributed by atoms with van der Waals surface area (Å²) in [4.78, 5) is 28.2. The van der Waals surface area contributed by atoms with Gasteiger partial charge in [0.15, 0.2) is 0 Å². The maximum atomic E-state index is 13.3. The number of hydrogen-bond acceptors (Lipinski definition) is 6. The van der Waals surface area contributed by atoms with Gasteiger partial charge in [0.25, 0.3) is 11.4 Å². The van der Waals surface area contributed by atoms with E-state index in [0.717, 1.165) is 6.07 Å². The lowest BCUT2D eigenvalue weighted by molar-refractivity contribution is -0.141. The van der Waals surface area contributed by atoms with Crippen molar-refractivity contribution in [2.75, 3.05) is 25.1 Å². The number of aryl methyl sites for hydroxylation is 1. The lowest BCUT2D eigenvalue weighted by atomic mass is 10.0. The Balaban J connectivity index is 1.65. The molecular formula is C24H25F3N6O2. The minimum Gasteiger partial charge on any atom is -0.481 e. The van der Waals surface area contributed by atoms with E-state index in [-0.39, 0.29) is 29.3 Å². The molecule has 1 fully saturated rings. The fourth-order valence-electron chi connectivity index (χ4n) is 4.47. The van der Waals surface area contributed by atoms with Crippen molar-refractivity contribution in [3.8, 4) is 5.88 Å². The van der Waals surface area contributed by atoms with E-state index in [2.05, 4.69) is 24.6 Å². The van der Waals surface area contributed by atoms with Crippen molar-refractivity contribution in [3.63, 3.8) is 0 Å². The predicted molar refractivity (Wildman–Crippen MR) is 126 cm³/mol. The number of nitrogens with zero attached hydrogens (tertiary/aromatic N) is 6. The van der Waals surface area contributed by atoms with E-state index >= 15 is 0 Å². The van der Waals surface area contributed by atoms with Gasteiger partial charge in [0, 0.05) is 50.9 Å². The van der Waals surface area contributed by atoms with E-state index in [1.54, 1.807) is 19.2 Å². The average Bonchev–Trinajstić information content (AvgIpc) is 2.82. The van der Waals surface area contributed by atoms with E-state index < -0.39 is 11.9 Å². The number of ether oxygens (including phenoxy) is 1. The second-order valence-electron chi connectivity index (χ2n) is 8.76. The number of hydrogen-bond donors (Lipinski definition) is 0. The summed E-state index contributed by atoms with van der Waals surface area (Å²) < 4.78 is 46.4. The number of methoxy groups -OCH3 is 1. The van der Waals surface area contributed by atoms with Crippen LogP contribution in [-0.2, 0) is 19.8 Å². The quantitative estimate of drug-likeness (QED) is 0.520. The van der Waals surface area contributed by atoms with Crippen LogP contribution in [0.2, 0.25) is 0 Å². The van der Waals surface area contributed by atoms with E-state index in [0.29, 0.717) is 41.9 Å². The predicted octanol–water partition coefficient (Wildman–Crippen LogP) is 4.01. The third-order valence-electron chi connectivity index (χ3n) is 6.34. The first-order chi connectivity index (χ1) is 16.5. The average molecular weight is 486 g/mol. The van der Waals surface area contributed by atoms with Crippen LogP contribution in [0.25, 0.3) is 15.9 Å². The van der Waals surface area contributed by atoms with Crippen LogP contribution in [0.4, 0.5) is 24.7 Å². The van der Waals surface area contributed by atoms with Crippen molar-refractivity contribution in [1.82, 2.24) is 19.4 Å². The Morgan fingerprint density at radius 3 is 2.54 bits per heavy atom. The molecule has 0 radical (unpaired) electrons. The maximum absolute atomic E-state index is 13.3. The molecule has 2 atom stereocenters. The topological polar surface area (TPSA) is 67.9 Å². The van der Waals surface area contributed by atoms with Gasteiger partial charge in [0.2, 0.25) is 11.4 Å². The highest BCUT2D eigenvalue weighted by Gasteiger charge is 2.35. The van der Waals surface area contributed by atoms with Gasteiger partial charge in [-0.1, -0.05) is 6.57 Å². The second-order valence-corrected chi connectivity index (χ2v) is 8.76. The van der Waals surface area contributed by atoms with Crippen molar-refractivity contribution in [2.45, 2.75) is 38.7 Å². The molecule has 0 unspecified atom stereocenters. The van der Waals surface area contributed by atoms with Crippen LogP contribution < -0.4 is 15.2 Å². The highest BCUT2D eigenvalue weighted by Crippen LogP contribution is 2.32. The Labute approximate surface area is 200 Å². The minimum atomic E-state index is -4.57. The minimum absolute atomic E-state index is 0.0390. The number of fused-ring (bicyclic) bond motifs is 1. The summed E-state index contributed by atoms with van der Waals surface area (Å²) in [5.74, 6) is 0.159. The Morgan fingerprint density at radius 2 is 1.89 bits per heavy atom. The number of anilines is 1. The molecule has 0 saturated carbocycles. The number of rotatable bonds is 4. The summed E-state index contributed by atoms with van der Waals surface area (Å²) >= 11 is 0. The summed E-state index contributed by atoms with van der Waals surface area (Å²) in [6.07, 6.45) is -4.57. The number of halogens is 3. The summed E-state index contributed by atoms with van der Waals surface area (Å²) in [7, 11) is 2.95.